The maximum Gasteiger partial charge on any atom is 0.305 e. The number of aliphatic hydroxyl groups is 1. The average molecular weight is 423 g/mol. The number of esters is 2. The molecule has 2 rings (SSSR count). The van der Waals surface area contributed by atoms with Crippen LogP contribution in [0.1, 0.15) is 96.8 Å². The summed E-state index contributed by atoms with van der Waals surface area (Å²) >= 11 is 0. The molecular weight excluding hydrogens is 380 g/mol. The monoisotopic (exact) mass is 422 g/mol. The second kappa shape index (κ2) is 13.8. The van der Waals surface area contributed by atoms with Crippen molar-refractivity contribution in [2.45, 2.75) is 109 Å². The molecule has 2 aliphatic rings. The zero-order valence-corrected chi connectivity index (χ0v) is 19.0. The number of carbonyl (C=O) groups excluding carboxylic acids is 2. The van der Waals surface area contributed by atoms with Crippen LogP contribution in [0.25, 0.3) is 0 Å². The second-order valence-corrected chi connectivity index (χ2v) is 9.27. The molecule has 0 radical (unpaired) electrons. The lowest BCUT2D eigenvalue weighted by Crippen LogP contribution is -2.21. The van der Waals surface area contributed by atoms with E-state index in [0.29, 0.717) is 18.3 Å². The van der Waals surface area contributed by atoms with Crippen molar-refractivity contribution >= 4 is 11.9 Å². The topological polar surface area (TPSA) is 72.8 Å². The van der Waals surface area contributed by atoms with Crippen LogP contribution in [-0.2, 0) is 19.1 Å². The summed E-state index contributed by atoms with van der Waals surface area (Å²) in [5.41, 5.74) is 0. The Morgan fingerprint density at radius 1 is 1.03 bits per heavy atom. The number of aliphatic hydroxyl groups excluding tert-OH is 1. The zero-order chi connectivity index (χ0) is 21.8. The van der Waals surface area contributed by atoms with Crippen molar-refractivity contribution in [3.8, 4) is 0 Å². The fourth-order valence-electron chi connectivity index (χ4n) is 5.22. The van der Waals surface area contributed by atoms with E-state index in [4.69, 9.17) is 4.74 Å². The van der Waals surface area contributed by atoms with Crippen LogP contribution in [0.2, 0.25) is 0 Å². The fourth-order valence-corrected chi connectivity index (χ4v) is 5.22. The van der Waals surface area contributed by atoms with E-state index in [2.05, 4.69) is 16.9 Å². The van der Waals surface area contributed by atoms with E-state index in [1.54, 1.807) is 0 Å². The second-order valence-electron chi connectivity index (χ2n) is 9.27. The van der Waals surface area contributed by atoms with Gasteiger partial charge in [0.1, 0.15) is 6.10 Å². The van der Waals surface area contributed by atoms with Crippen LogP contribution in [0.3, 0.4) is 0 Å². The normalized spacial score (nSPS) is 26.0. The summed E-state index contributed by atoms with van der Waals surface area (Å²) < 4.78 is 10.3. The first-order chi connectivity index (χ1) is 14.5. The van der Waals surface area contributed by atoms with Gasteiger partial charge in [-0.2, -0.15) is 0 Å². The van der Waals surface area contributed by atoms with Gasteiger partial charge in [-0.25, -0.2) is 0 Å². The molecule has 4 atom stereocenters. The molecule has 0 spiro atoms. The summed E-state index contributed by atoms with van der Waals surface area (Å²) in [5.74, 6) is 0.953. The standard InChI is InChI=1S/C25H42O5/c1-19(26)30-22(18-20-10-6-5-7-11-20)16-14-21-15-17-24(27)23(21)12-8-3-4-9-13-25(28)29-2/h14,16,20-24,27H,3-13,15,17-18H2,1-2H3. The molecule has 0 aromatic rings. The van der Waals surface area contributed by atoms with Crippen molar-refractivity contribution in [2.24, 2.45) is 17.8 Å². The summed E-state index contributed by atoms with van der Waals surface area (Å²) in [6.07, 6.45) is 18.7. The van der Waals surface area contributed by atoms with Crippen molar-refractivity contribution in [1.82, 2.24) is 0 Å². The Balaban J connectivity index is 1.79. The summed E-state index contributed by atoms with van der Waals surface area (Å²) in [7, 11) is 1.43. The Morgan fingerprint density at radius 3 is 2.47 bits per heavy atom. The number of hydrogen-bond donors (Lipinski definition) is 1. The summed E-state index contributed by atoms with van der Waals surface area (Å²) in [5, 5.41) is 10.5. The Hall–Kier alpha value is -1.36. The van der Waals surface area contributed by atoms with Crippen LogP contribution in [0.5, 0.6) is 0 Å². The SMILES string of the molecule is COC(=O)CCCCCCC1C(O)CCC1C=CC(CC1CCCCC1)OC(C)=O. The van der Waals surface area contributed by atoms with Gasteiger partial charge in [-0.05, 0) is 55.9 Å². The van der Waals surface area contributed by atoms with E-state index in [-0.39, 0.29) is 30.1 Å². The number of ether oxygens (including phenoxy) is 2. The third-order valence-corrected chi connectivity index (χ3v) is 6.92. The van der Waals surface area contributed by atoms with Gasteiger partial charge in [0.05, 0.1) is 13.2 Å². The third-order valence-electron chi connectivity index (χ3n) is 6.92. The van der Waals surface area contributed by atoms with Gasteiger partial charge in [-0.3, -0.25) is 9.59 Å². The first-order valence-electron chi connectivity index (χ1n) is 12.1. The molecule has 2 fully saturated rings. The number of hydrogen-bond acceptors (Lipinski definition) is 5. The van der Waals surface area contributed by atoms with Crippen molar-refractivity contribution in [2.75, 3.05) is 7.11 Å². The molecule has 172 valence electrons. The van der Waals surface area contributed by atoms with Crippen LogP contribution in [0.15, 0.2) is 12.2 Å². The van der Waals surface area contributed by atoms with E-state index in [1.807, 2.05) is 0 Å². The van der Waals surface area contributed by atoms with E-state index in [9.17, 15) is 14.7 Å². The minimum absolute atomic E-state index is 0.137. The maximum absolute atomic E-state index is 11.6. The molecule has 0 bridgehead atoms. The van der Waals surface area contributed by atoms with E-state index in [0.717, 1.165) is 51.4 Å². The largest absolute Gasteiger partial charge is 0.469 e. The molecular formula is C25H42O5. The Bertz CT molecular complexity index is 538. The molecule has 5 nitrogen and oxygen atoms in total. The predicted molar refractivity (Wildman–Crippen MR) is 118 cm³/mol. The minimum atomic E-state index is -0.236. The molecule has 0 heterocycles. The predicted octanol–water partition coefficient (Wildman–Crippen LogP) is 5.35. The summed E-state index contributed by atoms with van der Waals surface area (Å²) in [6, 6.07) is 0. The molecule has 0 amide bonds. The van der Waals surface area contributed by atoms with E-state index in [1.165, 1.54) is 46.1 Å². The van der Waals surface area contributed by atoms with Crippen LogP contribution >= 0.6 is 0 Å². The Labute approximate surface area is 182 Å². The fraction of sp³-hybridized carbons (Fsp3) is 0.840. The molecule has 5 heteroatoms. The quantitative estimate of drug-likeness (QED) is 0.261. The molecule has 0 saturated heterocycles. The van der Waals surface area contributed by atoms with Crippen molar-refractivity contribution in [3.63, 3.8) is 0 Å². The molecule has 1 N–H and O–H groups in total. The van der Waals surface area contributed by atoms with Gasteiger partial charge in [0.15, 0.2) is 0 Å². The Kier molecular flexibility index (Phi) is 11.5. The van der Waals surface area contributed by atoms with Gasteiger partial charge in [-0.1, -0.05) is 57.4 Å². The highest BCUT2D eigenvalue weighted by molar-refractivity contribution is 5.69. The molecule has 0 aromatic heterocycles. The summed E-state index contributed by atoms with van der Waals surface area (Å²) in [4.78, 5) is 22.7. The molecule has 0 aromatic carbocycles. The number of unbranched alkanes of at least 4 members (excludes halogenated alkanes) is 3. The van der Waals surface area contributed by atoms with Gasteiger partial charge >= 0.3 is 11.9 Å². The van der Waals surface area contributed by atoms with Crippen molar-refractivity contribution < 1.29 is 24.2 Å². The van der Waals surface area contributed by atoms with Gasteiger partial charge in [-0.15, -0.1) is 0 Å². The zero-order valence-electron chi connectivity index (χ0n) is 19.0. The number of allylic oxidation sites excluding steroid dienone is 1. The van der Waals surface area contributed by atoms with Crippen LogP contribution < -0.4 is 0 Å². The smallest absolute Gasteiger partial charge is 0.305 e. The van der Waals surface area contributed by atoms with E-state index < -0.39 is 0 Å². The molecule has 2 saturated carbocycles. The molecule has 2 aliphatic carbocycles. The summed E-state index contributed by atoms with van der Waals surface area (Å²) in [6.45, 7) is 1.49. The highest BCUT2D eigenvalue weighted by atomic mass is 16.5. The number of rotatable bonds is 12. The minimum Gasteiger partial charge on any atom is -0.469 e. The van der Waals surface area contributed by atoms with E-state index >= 15 is 0 Å². The van der Waals surface area contributed by atoms with Crippen molar-refractivity contribution in [1.29, 1.82) is 0 Å². The van der Waals surface area contributed by atoms with Gasteiger partial charge < -0.3 is 14.6 Å². The third kappa shape index (κ3) is 9.20. The Morgan fingerprint density at radius 2 is 1.77 bits per heavy atom. The lowest BCUT2D eigenvalue weighted by molar-refractivity contribution is -0.145. The first kappa shape index (κ1) is 24.9. The lowest BCUT2D eigenvalue weighted by Gasteiger charge is -2.25. The molecule has 30 heavy (non-hydrogen) atoms. The van der Waals surface area contributed by atoms with Crippen LogP contribution in [-0.4, -0.2) is 36.4 Å². The van der Waals surface area contributed by atoms with Gasteiger partial charge in [0, 0.05) is 13.3 Å². The van der Waals surface area contributed by atoms with Crippen LogP contribution in [0, 0.1) is 17.8 Å². The highest BCUT2D eigenvalue weighted by Gasteiger charge is 2.33. The molecule has 0 aliphatic heterocycles. The maximum atomic E-state index is 11.6. The molecule has 4 unspecified atom stereocenters. The van der Waals surface area contributed by atoms with Crippen LogP contribution in [0.4, 0.5) is 0 Å². The van der Waals surface area contributed by atoms with Gasteiger partial charge in [0.2, 0.25) is 0 Å². The van der Waals surface area contributed by atoms with Gasteiger partial charge in [0.25, 0.3) is 0 Å². The average Bonchev–Trinajstić information content (AvgIpc) is 3.08. The first-order valence-corrected chi connectivity index (χ1v) is 12.1. The number of carbonyl (C=O) groups is 2. The number of methoxy groups -OCH3 is 1. The van der Waals surface area contributed by atoms with Crippen molar-refractivity contribution in [3.05, 3.63) is 12.2 Å². The lowest BCUT2D eigenvalue weighted by atomic mass is 9.84. The highest BCUT2D eigenvalue weighted by Crippen LogP contribution is 2.37.